The number of para-hydroxylation sites is 1. The zero-order valence-electron chi connectivity index (χ0n) is 15.6. The van der Waals surface area contributed by atoms with Crippen molar-refractivity contribution < 1.29 is 23.7 Å². The normalized spacial score (nSPS) is 10.2. The van der Waals surface area contributed by atoms with Gasteiger partial charge in [0.25, 0.3) is 5.91 Å². The van der Waals surface area contributed by atoms with E-state index in [1.165, 1.54) is 0 Å². The van der Waals surface area contributed by atoms with Gasteiger partial charge in [0.1, 0.15) is 0 Å². The zero-order chi connectivity index (χ0) is 18.9. The van der Waals surface area contributed by atoms with E-state index in [0.717, 1.165) is 5.56 Å². The van der Waals surface area contributed by atoms with Crippen molar-refractivity contribution in [1.29, 1.82) is 0 Å². The molecule has 26 heavy (non-hydrogen) atoms. The predicted molar refractivity (Wildman–Crippen MR) is 99.5 cm³/mol. The van der Waals surface area contributed by atoms with E-state index in [-0.39, 0.29) is 5.91 Å². The lowest BCUT2D eigenvalue weighted by molar-refractivity contribution is 0.0950. The second-order valence-electron chi connectivity index (χ2n) is 5.36. The largest absolute Gasteiger partial charge is 0.493 e. The van der Waals surface area contributed by atoms with Crippen LogP contribution in [0.2, 0.25) is 0 Å². The van der Waals surface area contributed by atoms with Crippen molar-refractivity contribution in [3.05, 3.63) is 47.5 Å². The molecule has 6 nitrogen and oxygen atoms in total. The Morgan fingerprint density at radius 3 is 2.31 bits per heavy atom. The third-order valence-electron chi connectivity index (χ3n) is 3.73. The molecule has 0 fully saturated rings. The van der Waals surface area contributed by atoms with Gasteiger partial charge in [-0.25, -0.2) is 0 Å². The molecule has 0 spiro atoms. The van der Waals surface area contributed by atoms with Crippen LogP contribution in [-0.2, 0) is 6.54 Å². The number of nitrogens with one attached hydrogen (secondary N) is 1. The van der Waals surface area contributed by atoms with Crippen molar-refractivity contribution in [3.63, 3.8) is 0 Å². The van der Waals surface area contributed by atoms with Crippen molar-refractivity contribution in [1.82, 2.24) is 5.32 Å². The fourth-order valence-electron chi connectivity index (χ4n) is 2.56. The summed E-state index contributed by atoms with van der Waals surface area (Å²) in [5, 5.41) is 2.89. The summed E-state index contributed by atoms with van der Waals surface area (Å²) < 4.78 is 21.8. The Hall–Kier alpha value is -2.89. The van der Waals surface area contributed by atoms with Gasteiger partial charge in [-0.05, 0) is 38.1 Å². The fraction of sp³-hybridized carbons (Fsp3) is 0.350. The van der Waals surface area contributed by atoms with E-state index < -0.39 is 0 Å². The number of benzene rings is 2. The molecule has 0 saturated heterocycles. The van der Waals surface area contributed by atoms with Gasteiger partial charge in [-0.3, -0.25) is 4.79 Å². The van der Waals surface area contributed by atoms with Crippen LogP contribution in [0.15, 0.2) is 36.4 Å². The molecule has 0 aliphatic carbocycles. The van der Waals surface area contributed by atoms with Crippen LogP contribution in [-0.4, -0.2) is 33.3 Å². The number of hydrogen-bond donors (Lipinski definition) is 1. The summed E-state index contributed by atoms with van der Waals surface area (Å²) >= 11 is 0. The maximum atomic E-state index is 12.5. The van der Waals surface area contributed by atoms with Crippen molar-refractivity contribution in [2.75, 3.05) is 27.4 Å². The monoisotopic (exact) mass is 359 g/mol. The summed E-state index contributed by atoms with van der Waals surface area (Å²) in [5.41, 5.74) is 1.33. The molecule has 2 aromatic carbocycles. The number of carbonyl (C=O) groups is 1. The highest BCUT2D eigenvalue weighted by Gasteiger charge is 2.14. The first-order valence-electron chi connectivity index (χ1n) is 8.52. The van der Waals surface area contributed by atoms with Crippen molar-refractivity contribution in [3.8, 4) is 23.0 Å². The molecule has 2 aromatic rings. The molecule has 0 atom stereocenters. The van der Waals surface area contributed by atoms with Gasteiger partial charge in [0.15, 0.2) is 23.0 Å². The molecular weight excluding hydrogens is 334 g/mol. The van der Waals surface area contributed by atoms with E-state index in [0.29, 0.717) is 48.3 Å². The minimum atomic E-state index is -0.209. The van der Waals surface area contributed by atoms with Crippen molar-refractivity contribution >= 4 is 5.91 Å². The molecule has 0 radical (unpaired) electrons. The second-order valence-corrected chi connectivity index (χ2v) is 5.36. The van der Waals surface area contributed by atoms with E-state index in [1.54, 1.807) is 32.4 Å². The molecular formula is C20H25NO5. The van der Waals surface area contributed by atoms with E-state index in [1.807, 2.05) is 32.0 Å². The fourth-order valence-corrected chi connectivity index (χ4v) is 2.56. The van der Waals surface area contributed by atoms with E-state index in [4.69, 9.17) is 18.9 Å². The highest BCUT2D eigenvalue weighted by molar-refractivity contribution is 5.94. The highest BCUT2D eigenvalue weighted by atomic mass is 16.5. The summed E-state index contributed by atoms with van der Waals surface area (Å²) in [6, 6.07) is 10.7. The molecule has 0 aliphatic heterocycles. The van der Waals surface area contributed by atoms with Gasteiger partial charge in [0, 0.05) is 17.7 Å². The maximum absolute atomic E-state index is 12.5. The maximum Gasteiger partial charge on any atom is 0.251 e. The van der Waals surface area contributed by atoms with E-state index in [9.17, 15) is 4.79 Å². The second kappa shape index (κ2) is 9.56. The van der Waals surface area contributed by atoms with Crippen LogP contribution in [0.1, 0.15) is 29.8 Å². The van der Waals surface area contributed by atoms with Crippen molar-refractivity contribution in [2.24, 2.45) is 0 Å². The molecule has 0 saturated carbocycles. The number of rotatable bonds is 9. The smallest absolute Gasteiger partial charge is 0.251 e. The first kappa shape index (κ1) is 19.4. The number of methoxy groups -OCH3 is 2. The van der Waals surface area contributed by atoms with Crippen LogP contribution in [0, 0.1) is 0 Å². The number of carbonyl (C=O) groups excluding carboxylic acids is 1. The Balaban J connectivity index is 2.14. The van der Waals surface area contributed by atoms with Gasteiger partial charge in [-0.1, -0.05) is 12.1 Å². The van der Waals surface area contributed by atoms with E-state index in [2.05, 4.69) is 5.32 Å². The van der Waals surface area contributed by atoms with Gasteiger partial charge in [0.2, 0.25) is 0 Å². The molecule has 1 N–H and O–H groups in total. The van der Waals surface area contributed by atoms with Crippen LogP contribution in [0.25, 0.3) is 0 Å². The SMILES string of the molecule is CCOc1ccc(C(=O)NCc2cccc(OC)c2OC)cc1OCC. The van der Waals surface area contributed by atoms with Crippen LogP contribution >= 0.6 is 0 Å². The summed E-state index contributed by atoms with van der Waals surface area (Å²) in [6.45, 7) is 5.12. The summed E-state index contributed by atoms with van der Waals surface area (Å²) in [5.74, 6) is 2.20. The van der Waals surface area contributed by atoms with Crippen LogP contribution in [0.3, 0.4) is 0 Å². The van der Waals surface area contributed by atoms with Gasteiger partial charge < -0.3 is 24.3 Å². The van der Waals surface area contributed by atoms with Crippen molar-refractivity contribution in [2.45, 2.75) is 20.4 Å². The highest BCUT2D eigenvalue weighted by Crippen LogP contribution is 2.31. The molecule has 0 unspecified atom stereocenters. The van der Waals surface area contributed by atoms with Crippen LogP contribution < -0.4 is 24.3 Å². The van der Waals surface area contributed by atoms with E-state index >= 15 is 0 Å². The Labute approximate surface area is 154 Å². The molecule has 6 heteroatoms. The molecule has 1 amide bonds. The average molecular weight is 359 g/mol. The molecule has 0 bridgehead atoms. The number of amides is 1. The molecule has 0 heterocycles. The van der Waals surface area contributed by atoms with Gasteiger partial charge >= 0.3 is 0 Å². The summed E-state index contributed by atoms with van der Waals surface area (Å²) in [4.78, 5) is 12.5. The number of hydrogen-bond acceptors (Lipinski definition) is 5. The lowest BCUT2D eigenvalue weighted by Gasteiger charge is -2.14. The third-order valence-corrected chi connectivity index (χ3v) is 3.73. The minimum Gasteiger partial charge on any atom is -0.493 e. The van der Waals surface area contributed by atoms with Gasteiger partial charge in [0.05, 0.1) is 27.4 Å². The van der Waals surface area contributed by atoms with Gasteiger partial charge in [-0.15, -0.1) is 0 Å². The lowest BCUT2D eigenvalue weighted by atomic mass is 10.1. The van der Waals surface area contributed by atoms with Crippen LogP contribution in [0.4, 0.5) is 0 Å². The lowest BCUT2D eigenvalue weighted by Crippen LogP contribution is -2.23. The Kier molecular flexibility index (Phi) is 7.14. The predicted octanol–water partition coefficient (Wildman–Crippen LogP) is 3.43. The van der Waals surface area contributed by atoms with Gasteiger partial charge in [-0.2, -0.15) is 0 Å². The Bertz CT molecular complexity index is 745. The summed E-state index contributed by atoms with van der Waals surface area (Å²) in [6.07, 6.45) is 0. The molecule has 2 rings (SSSR count). The first-order valence-corrected chi connectivity index (χ1v) is 8.52. The summed E-state index contributed by atoms with van der Waals surface area (Å²) in [7, 11) is 3.15. The molecule has 140 valence electrons. The Morgan fingerprint density at radius 1 is 0.923 bits per heavy atom. The van der Waals surface area contributed by atoms with Crippen LogP contribution in [0.5, 0.6) is 23.0 Å². The zero-order valence-corrected chi connectivity index (χ0v) is 15.6. The quantitative estimate of drug-likeness (QED) is 0.743. The minimum absolute atomic E-state index is 0.209. The number of ether oxygens (including phenoxy) is 4. The molecule has 0 aliphatic rings. The average Bonchev–Trinajstić information content (AvgIpc) is 2.67. The third kappa shape index (κ3) is 4.59. The topological polar surface area (TPSA) is 66.0 Å². The Morgan fingerprint density at radius 2 is 1.65 bits per heavy atom. The molecule has 0 aromatic heterocycles. The first-order chi connectivity index (χ1) is 12.6. The standard InChI is InChI=1S/C20H25NO5/c1-5-25-16-11-10-14(12-18(16)26-6-2)20(22)21-13-15-8-7-9-17(23-3)19(15)24-4/h7-12H,5-6,13H2,1-4H3,(H,21,22).